The van der Waals surface area contributed by atoms with Crippen molar-refractivity contribution in [1.29, 1.82) is 0 Å². The smallest absolute Gasteiger partial charge is 0.260 e. The lowest BCUT2D eigenvalue weighted by Gasteiger charge is -2.28. The van der Waals surface area contributed by atoms with Gasteiger partial charge in [-0.25, -0.2) is 4.98 Å². The Morgan fingerprint density at radius 1 is 1.27 bits per heavy atom. The Balaban J connectivity index is 1.86. The van der Waals surface area contributed by atoms with E-state index < -0.39 is 6.10 Å². The summed E-state index contributed by atoms with van der Waals surface area (Å²) in [5.41, 5.74) is 1.46. The number of thiophene rings is 1. The molecule has 8 nitrogen and oxygen atoms in total. The van der Waals surface area contributed by atoms with Crippen molar-refractivity contribution in [3.63, 3.8) is 0 Å². The van der Waals surface area contributed by atoms with Gasteiger partial charge in [0.25, 0.3) is 5.56 Å². The molecule has 33 heavy (non-hydrogen) atoms. The van der Waals surface area contributed by atoms with E-state index in [1.807, 2.05) is 37.4 Å². The van der Waals surface area contributed by atoms with Gasteiger partial charge in [0.15, 0.2) is 11.5 Å². The lowest BCUT2D eigenvalue weighted by Crippen LogP contribution is -2.39. The molecule has 2 aromatic heterocycles. The minimum atomic E-state index is -0.652. The molecule has 0 saturated heterocycles. The first kappa shape index (κ1) is 24.9. The molecule has 9 heteroatoms. The van der Waals surface area contributed by atoms with Gasteiger partial charge < -0.3 is 24.3 Å². The van der Waals surface area contributed by atoms with Gasteiger partial charge in [-0.2, -0.15) is 0 Å². The third kappa shape index (κ3) is 6.00. The van der Waals surface area contributed by atoms with E-state index in [1.165, 1.54) is 11.3 Å². The van der Waals surface area contributed by atoms with Gasteiger partial charge in [-0.1, -0.05) is 12.1 Å². The molecule has 0 aliphatic heterocycles. The number of hydrogen-bond acceptors (Lipinski definition) is 8. The molecule has 3 rings (SSSR count). The second-order valence-electron chi connectivity index (χ2n) is 7.92. The second-order valence-corrected chi connectivity index (χ2v) is 8.77. The van der Waals surface area contributed by atoms with Gasteiger partial charge in [-0.15, -0.1) is 17.9 Å². The largest absolute Gasteiger partial charge is 0.493 e. The predicted octanol–water partition coefficient (Wildman–Crippen LogP) is 3.44. The predicted molar refractivity (Wildman–Crippen MR) is 131 cm³/mol. The normalized spacial score (nSPS) is 12.5. The van der Waals surface area contributed by atoms with Gasteiger partial charge in [0.1, 0.15) is 10.7 Å². The molecule has 3 aromatic rings. The standard InChI is InChI=1S/C24H31N3O5S/c1-6-9-32-13-17(28)11-27(15(2)3)12-21-25-23(29)22-18(14-33-24(22)26-21)16-7-8-19(30-4)20(10-16)31-5/h6-8,10,14-15,17,28H,1,9,11-13H2,2-5H3,(H,25,26,29)/t17-/m0/s1. The van der Waals surface area contributed by atoms with E-state index in [1.54, 1.807) is 20.3 Å². The first-order valence-corrected chi connectivity index (χ1v) is 11.6. The molecule has 178 valence electrons. The van der Waals surface area contributed by atoms with Crippen LogP contribution in [0.15, 0.2) is 41.0 Å². The monoisotopic (exact) mass is 473 g/mol. The van der Waals surface area contributed by atoms with Crippen molar-refractivity contribution in [1.82, 2.24) is 14.9 Å². The van der Waals surface area contributed by atoms with Gasteiger partial charge in [-0.05, 0) is 31.5 Å². The van der Waals surface area contributed by atoms with Gasteiger partial charge in [-0.3, -0.25) is 9.69 Å². The Morgan fingerprint density at radius 3 is 2.70 bits per heavy atom. The molecule has 2 N–H and O–H groups in total. The van der Waals surface area contributed by atoms with E-state index in [4.69, 9.17) is 19.2 Å². The van der Waals surface area contributed by atoms with Crippen LogP contribution in [-0.4, -0.2) is 66.1 Å². The maximum absolute atomic E-state index is 13.0. The van der Waals surface area contributed by atoms with E-state index in [0.717, 1.165) is 11.1 Å². The fraction of sp³-hybridized carbons (Fsp3) is 0.417. The molecule has 1 aromatic carbocycles. The molecule has 0 fully saturated rings. The van der Waals surface area contributed by atoms with Crippen LogP contribution in [-0.2, 0) is 11.3 Å². The number of aromatic nitrogens is 2. The lowest BCUT2D eigenvalue weighted by atomic mass is 10.1. The quantitative estimate of drug-likeness (QED) is 0.307. The molecular weight excluding hydrogens is 442 g/mol. The number of fused-ring (bicyclic) bond motifs is 1. The fourth-order valence-corrected chi connectivity index (χ4v) is 4.51. The summed E-state index contributed by atoms with van der Waals surface area (Å²) in [6.07, 6.45) is 0.995. The summed E-state index contributed by atoms with van der Waals surface area (Å²) in [5, 5.41) is 12.8. The maximum Gasteiger partial charge on any atom is 0.260 e. The highest BCUT2D eigenvalue weighted by atomic mass is 32.1. The van der Waals surface area contributed by atoms with Gasteiger partial charge in [0.05, 0.1) is 45.5 Å². The molecule has 0 unspecified atom stereocenters. The highest BCUT2D eigenvalue weighted by molar-refractivity contribution is 7.17. The van der Waals surface area contributed by atoms with Crippen molar-refractivity contribution in [3.8, 4) is 22.6 Å². The van der Waals surface area contributed by atoms with Crippen LogP contribution < -0.4 is 15.0 Å². The Labute approximate surface area is 197 Å². The molecule has 1 atom stereocenters. The summed E-state index contributed by atoms with van der Waals surface area (Å²) in [7, 11) is 3.17. The van der Waals surface area contributed by atoms with Crippen LogP contribution in [0, 0.1) is 0 Å². The average molecular weight is 474 g/mol. The number of methoxy groups -OCH3 is 2. The van der Waals surface area contributed by atoms with E-state index in [9.17, 15) is 9.90 Å². The summed E-state index contributed by atoms with van der Waals surface area (Å²) in [6.45, 7) is 9.10. The molecule has 0 amide bonds. The van der Waals surface area contributed by atoms with Crippen LogP contribution in [0.25, 0.3) is 21.3 Å². The first-order chi connectivity index (χ1) is 15.9. The topological polar surface area (TPSA) is 96.9 Å². The average Bonchev–Trinajstić information content (AvgIpc) is 3.22. The number of nitrogens with zero attached hydrogens (tertiary/aromatic N) is 2. The minimum Gasteiger partial charge on any atom is -0.493 e. The fourth-order valence-electron chi connectivity index (χ4n) is 3.55. The first-order valence-electron chi connectivity index (χ1n) is 10.7. The van der Waals surface area contributed by atoms with Crippen LogP contribution in [0.1, 0.15) is 19.7 Å². The van der Waals surface area contributed by atoms with Crippen molar-refractivity contribution < 1.29 is 19.3 Å². The third-order valence-electron chi connectivity index (χ3n) is 5.26. The summed E-state index contributed by atoms with van der Waals surface area (Å²) in [4.78, 5) is 23.4. The van der Waals surface area contributed by atoms with Crippen LogP contribution >= 0.6 is 11.3 Å². The van der Waals surface area contributed by atoms with Crippen LogP contribution in [0.5, 0.6) is 11.5 Å². The van der Waals surface area contributed by atoms with Crippen LogP contribution in [0.4, 0.5) is 0 Å². The van der Waals surface area contributed by atoms with Crippen molar-refractivity contribution in [3.05, 3.63) is 52.4 Å². The number of rotatable bonds is 12. The summed E-state index contributed by atoms with van der Waals surface area (Å²) < 4.78 is 16.1. The lowest BCUT2D eigenvalue weighted by molar-refractivity contribution is 0.0172. The minimum absolute atomic E-state index is 0.144. The summed E-state index contributed by atoms with van der Waals surface area (Å²) in [6, 6.07) is 5.71. The van der Waals surface area contributed by atoms with Crippen molar-refractivity contribution >= 4 is 21.6 Å². The zero-order valence-corrected chi connectivity index (χ0v) is 20.3. The number of aliphatic hydroxyl groups excluding tert-OH is 1. The zero-order chi connectivity index (χ0) is 24.0. The molecule has 2 heterocycles. The molecule has 0 radical (unpaired) electrons. The van der Waals surface area contributed by atoms with Gasteiger partial charge >= 0.3 is 0 Å². The maximum atomic E-state index is 13.0. The van der Waals surface area contributed by atoms with Crippen molar-refractivity contribution in [2.45, 2.75) is 32.5 Å². The van der Waals surface area contributed by atoms with E-state index in [2.05, 4.69) is 16.5 Å². The Bertz CT molecular complexity index is 1140. The Hall–Kier alpha value is -2.72. The number of H-pyrrole nitrogens is 1. The SMILES string of the molecule is C=CCOC[C@@H](O)CN(Cc1nc2scc(-c3ccc(OC)c(OC)c3)c2c(=O)[nH]1)C(C)C. The second kappa shape index (κ2) is 11.4. The molecular formula is C24H31N3O5S. The molecule has 0 bridgehead atoms. The van der Waals surface area contributed by atoms with Crippen molar-refractivity contribution in [2.75, 3.05) is 34.0 Å². The highest BCUT2D eigenvalue weighted by Crippen LogP contribution is 2.36. The summed E-state index contributed by atoms with van der Waals surface area (Å²) >= 11 is 1.42. The number of hydrogen-bond donors (Lipinski definition) is 2. The number of benzene rings is 1. The number of aromatic amines is 1. The molecule has 0 aliphatic rings. The van der Waals surface area contributed by atoms with E-state index in [0.29, 0.717) is 47.2 Å². The van der Waals surface area contributed by atoms with E-state index in [-0.39, 0.29) is 18.2 Å². The Kier molecular flexibility index (Phi) is 8.62. The molecule has 0 spiro atoms. The zero-order valence-electron chi connectivity index (χ0n) is 19.5. The van der Waals surface area contributed by atoms with E-state index >= 15 is 0 Å². The molecule has 0 aliphatic carbocycles. The number of nitrogens with one attached hydrogen (secondary N) is 1. The Morgan fingerprint density at radius 2 is 2.03 bits per heavy atom. The third-order valence-corrected chi connectivity index (χ3v) is 6.13. The summed E-state index contributed by atoms with van der Waals surface area (Å²) in [5.74, 6) is 1.78. The van der Waals surface area contributed by atoms with Gasteiger partial charge in [0.2, 0.25) is 0 Å². The van der Waals surface area contributed by atoms with Crippen molar-refractivity contribution in [2.24, 2.45) is 0 Å². The van der Waals surface area contributed by atoms with Gasteiger partial charge in [0, 0.05) is 23.5 Å². The van der Waals surface area contributed by atoms with Crippen LogP contribution in [0.3, 0.4) is 0 Å². The molecule has 0 saturated carbocycles. The van der Waals surface area contributed by atoms with Crippen LogP contribution in [0.2, 0.25) is 0 Å². The number of ether oxygens (including phenoxy) is 3. The number of aliphatic hydroxyl groups is 1. The highest BCUT2D eigenvalue weighted by Gasteiger charge is 2.19.